The Morgan fingerprint density at radius 3 is 2.92 bits per heavy atom. The van der Waals surface area contributed by atoms with E-state index in [2.05, 4.69) is 4.98 Å². The molecule has 1 rings (SSSR count). The van der Waals surface area contributed by atoms with Gasteiger partial charge < -0.3 is 5.11 Å². The van der Waals surface area contributed by atoms with Crippen LogP contribution < -0.4 is 0 Å². The summed E-state index contributed by atoms with van der Waals surface area (Å²) in [5.74, 6) is -1.16. The molecule has 70 valence electrons. The second kappa shape index (κ2) is 3.51. The third-order valence-electron chi connectivity index (χ3n) is 1.75. The first kappa shape index (κ1) is 9.64. The van der Waals surface area contributed by atoms with Crippen LogP contribution in [0.4, 0.5) is 4.39 Å². The molecule has 0 saturated heterocycles. The molecule has 0 aliphatic carbocycles. The molecule has 0 aromatic carbocycles. The van der Waals surface area contributed by atoms with Gasteiger partial charge in [0.25, 0.3) is 0 Å². The van der Waals surface area contributed by atoms with Crippen LogP contribution in [0.25, 0.3) is 0 Å². The minimum Gasteiger partial charge on any atom is -0.481 e. The lowest BCUT2D eigenvalue weighted by Gasteiger charge is -2.17. The summed E-state index contributed by atoms with van der Waals surface area (Å²) in [4.78, 5) is 14.1. The van der Waals surface area contributed by atoms with Crippen molar-refractivity contribution in [3.63, 3.8) is 0 Å². The van der Waals surface area contributed by atoms with E-state index in [0.29, 0.717) is 0 Å². The van der Waals surface area contributed by atoms with Crippen LogP contribution in [-0.2, 0) is 10.5 Å². The molecule has 0 saturated carbocycles. The quantitative estimate of drug-likeness (QED) is 0.776. The van der Waals surface area contributed by atoms with Crippen LogP contribution in [0.1, 0.15) is 18.9 Å². The third-order valence-corrected chi connectivity index (χ3v) is 1.75. The molecule has 0 radical (unpaired) electrons. The van der Waals surface area contributed by atoms with Crippen LogP contribution in [0.2, 0.25) is 0 Å². The van der Waals surface area contributed by atoms with Crippen LogP contribution in [0, 0.1) is 0 Å². The van der Waals surface area contributed by atoms with E-state index in [-0.39, 0.29) is 5.56 Å². The first-order valence-electron chi connectivity index (χ1n) is 3.83. The maximum Gasteiger partial charge on any atom is 0.306 e. The van der Waals surface area contributed by atoms with Crippen molar-refractivity contribution in [3.8, 4) is 0 Å². The normalized spacial score (nSPS) is 14.9. The van der Waals surface area contributed by atoms with Crippen LogP contribution in [0.5, 0.6) is 0 Å². The lowest BCUT2D eigenvalue weighted by atomic mass is 9.96. The van der Waals surface area contributed by atoms with Crippen molar-refractivity contribution >= 4 is 5.97 Å². The average molecular weight is 183 g/mol. The molecule has 1 unspecified atom stereocenters. The molecule has 1 aromatic rings. The SMILES string of the molecule is CC(F)(CC(=O)O)c1cccnc1. The molecule has 0 fully saturated rings. The highest BCUT2D eigenvalue weighted by molar-refractivity contribution is 5.68. The molecule has 1 atom stereocenters. The summed E-state index contributed by atoms with van der Waals surface area (Å²) >= 11 is 0. The molecule has 0 spiro atoms. The molecule has 0 bridgehead atoms. The zero-order valence-electron chi connectivity index (χ0n) is 7.20. The topological polar surface area (TPSA) is 50.2 Å². The number of pyridine rings is 1. The summed E-state index contributed by atoms with van der Waals surface area (Å²) in [6, 6.07) is 3.10. The van der Waals surface area contributed by atoms with Crippen molar-refractivity contribution in [2.24, 2.45) is 0 Å². The Balaban J connectivity index is 2.87. The van der Waals surface area contributed by atoms with Gasteiger partial charge in [0.1, 0.15) is 5.67 Å². The Morgan fingerprint density at radius 2 is 2.46 bits per heavy atom. The molecule has 1 aromatic heterocycles. The van der Waals surface area contributed by atoms with Crippen molar-refractivity contribution in [1.29, 1.82) is 0 Å². The Bertz CT molecular complexity index is 298. The number of nitrogens with zero attached hydrogens (tertiary/aromatic N) is 1. The number of aliphatic carboxylic acids is 1. The maximum atomic E-state index is 13.7. The van der Waals surface area contributed by atoms with Crippen molar-refractivity contribution in [3.05, 3.63) is 30.1 Å². The van der Waals surface area contributed by atoms with Gasteiger partial charge in [-0.25, -0.2) is 4.39 Å². The highest BCUT2D eigenvalue weighted by Gasteiger charge is 2.29. The second-order valence-electron chi connectivity index (χ2n) is 3.01. The van der Waals surface area contributed by atoms with Gasteiger partial charge in [0, 0.05) is 18.0 Å². The number of carbonyl (C=O) groups is 1. The Hall–Kier alpha value is -1.45. The Kier molecular flexibility index (Phi) is 2.60. The fourth-order valence-electron chi connectivity index (χ4n) is 1.06. The highest BCUT2D eigenvalue weighted by atomic mass is 19.1. The van der Waals surface area contributed by atoms with Gasteiger partial charge in [-0.15, -0.1) is 0 Å². The summed E-state index contributed by atoms with van der Waals surface area (Å²) in [5.41, 5.74) is -1.56. The second-order valence-corrected chi connectivity index (χ2v) is 3.01. The maximum absolute atomic E-state index is 13.7. The van der Waals surface area contributed by atoms with Crippen molar-refractivity contribution in [2.75, 3.05) is 0 Å². The van der Waals surface area contributed by atoms with Crippen LogP contribution in [0.15, 0.2) is 24.5 Å². The third kappa shape index (κ3) is 2.50. The molecular weight excluding hydrogens is 173 g/mol. The molecule has 1 N–H and O–H groups in total. The molecule has 13 heavy (non-hydrogen) atoms. The van der Waals surface area contributed by atoms with Crippen LogP contribution >= 0.6 is 0 Å². The van der Waals surface area contributed by atoms with E-state index in [1.165, 1.54) is 25.4 Å². The fourth-order valence-corrected chi connectivity index (χ4v) is 1.06. The van der Waals surface area contributed by atoms with Crippen molar-refractivity contribution in [1.82, 2.24) is 4.98 Å². The van der Waals surface area contributed by atoms with Gasteiger partial charge in [-0.05, 0) is 13.0 Å². The molecular formula is C9H10FNO2. The van der Waals surface area contributed by atoms with E-state index in [0.717, 1.165) is 0 Å². The lowest BCUT2D eigenvalue weighted by Crippen LogP contribution is -2.20. The van der Waals surface area contributed by atoms with E-state index < -0.39 is 18.1 Å². The van der Waals surface area contributed by atoms with E-state index in [4.69, 9.17) is 5.11 Å². The van der Waals surface area contributed by atoms with E-state index >= 15 is 0 Å². The number of alkyl halides is 1. The van der Waals surface area contributed by atoms with Crippen molar-refractivity contribution < 1.29 is 14.3 Å². The number of carboxylic acids is 1. The number of halogens is 1. The fraction of sp³-hybridized carbons (Fsp3) is 0.333. The lowest BCUT2D eigenvalue weighted by molar-refractivity contribution is -0.140. The first-order valence-corrected chi connectivity index (χ1v) is 3.83. The number of rotatable bonds is 3. The Morgan fingerprint density at radius 1 is 1.77 bits per heavy atom. The number of aromatic nitrogens is 1. The summed E-state index contributed by atoms with van der Waals surface area (Å²) in [6.45, 7) is 1.23. The predicted octanol–water partition coefficient (Wildman–Crippen LogP) is 1.74. The van der Waals surface area contributed by atoms with Crippen LogP contribution in [-0.4, -0.2) is 16.1 Å². The largest absolute Gasteiger partial charge is 0.481 e. The van der Waals surface area contributed by atoms with Crippen molar-refractivity contribution in [2.45, 2.75) is 19.0 Å². The van der Waals surface area contributed by atoms with Gasteiger partial charge >= 0.3 is 5.97 Å². The van der Waals surface area contributed by atoms with E-state index in [1.54, 1.807) is 6.07 Å². The molecule has 3 nitrogen and oxygen atoms in total. The van der Waals surface area contributed by atoms with Crippen LogP contribution in [0.3, 0.4) is 0 Å². The molecule has 0 amide bonds. The summed E-state index contributed by atoms with van der Waals surface area (Å²) in [6.07, 6.45) is 2.31. The minimum atomic E-state index is -1.85. The van der Waals surface area contributed by atoms with Gasteiger partial charge in [0.15, 0.2) is 0 Å². The number of hydrogen-bond donors (Lipinski definition) is 1. The Labute approximate surface area is 75.2 Å². The van der Waals surface area contributed by atoms with Gasteiger partial charge in [-0.1, -0.05) is 6.07 Å². The van der Waals surface area contributed by atoms with Gasteiger partial charge in [0.05, 0.1) is 6.42 Å². The van der Waals surface area contributed by atoms with Gasteiger partial charge in [-0.2, -0.15) is 0 Å². The minimum absolute atomic E-state index is 0.289. The zero-order valence-corrected chi connectivity index (χ0v) is 7.20. The molecule has 4 heteroatoms. The first-order chi connectivity index (χ1) is 6.02. The number of hydrogen-bond acceptors (Lipinski definition) is 2. The monoisotopic (exact) mass is 183 g/mol. The smallest absolute Gasteiger partial charge is 0.306 e. The standard InChI is InChI=1S/C9H10FNO2/c1-9(10,5-8(12)13)7-3-2-4-11-6-7/h2-4,6H,5H2,1H3,(H,12,13). The summed E-state index contributed by atoms with van der Waals surface area (Å²) in [7, 11) is 0. The van der Waals surface area contributed by atoms with Gasteiger partial charge in [-0.3, -0.25) is 9.78 Å². The average Bonchev–Trinajstić information content (AvgIpc) is 2.04. The van der Waals surface area contributed by atoms with E-state index in [9.17, 15) is 9.18 Å². The summed E-state index contributed by atoms with van der Waals surface area (Å²) < 4.78 is 13.7. The van der Waals surface area contributed by atoms with Gasteiger partial charge in [0.2, 0.25) is 0 Å². The molecule has 0 aliphatic rings. The zero-order chi connectivity index (χ0) is 9.90. The predicted molar refractivity (Wildman–Crippen MR) is 44.9 cm³/mol. The molecule has 1 heterocycles. The number of carboxylic acid groups (broad SMARTS) is 1. The van der Waals surface area contributed by atoms with E-state index in [1.807, 2.05) is 0 Å². The highest BCUT2D eigenvalue weighted by Crippen LogP contribution is 2.28. The summed E-state index contributed by atoms with van der Waals surface area (Å²) in [5, 5.41) is 8.45. The molecule has 0 aliphatic heterocycles.